The second-order valence-electron chi connectivity index (χ2n) is 4.17. The molecule has 0 heterocycles. The van der Waals surface area contributed by atoms with Crippen molar-refractivity contribution in [2.75, 3.05) is 13.7 Å². The normalized spacial score (nSPS) is 11.8. The lowest BCUT2D eigenvalue weighted by molar-refractivity contribution is 0.327. The Morgan fingerprint density at radius 3 is 2.65 bits per heavy atom. The van der Waals surface area contributed by atoms with Gasteiger partial charge in [-0.1, -0.05) is 12.1 Å². The standard InChI is InChI=1S/C15H21NO/c1-4-5-12-17-15-10-8-14(9-11-15)7-6-13(2)16-3/h1,8-11,13,16H,5-7,12H2,2-3H3. The topological polar surface area (TPSA) is 21.3 Å². The molecule has 0 saturated carbocycles. The molecule has 0 radical (unpaired) electrons. The van der Waals surface area contributed by atoms with Crippen LogP contribution in [0.15, 0.2) is 24.3 Å². The van der Waals surface area contributed by atoms with E-state index in [1.807, 2.05) is 19.2 Å². The maximum absolute atomic E-state index is 5.49. The van der Waals surface area contributed by atoms with Crippen molar-refractivity contribution in [3.05, 3.63) is 29.8 Å². The molecular formula is C15H21NO. The lowest BCUT2D eigenvalue weighted by Gasteiger charge is -2.10. The summed E-state index contributed by atoms with van der Waals surface area (Å²) in [7, 11) is 1.99. The lowest BCUT2D eigenvalue weighted by Crippen LogP contribution is -2.21. The van der Waals surface area contributed by atoms with Crippen molar-refractivity contribution >= 4 is 0 Å². The molecule has 1 atom stereocenters. The molecule has 0 saturated heterocycles. The van der Waals surface area contributed by atoms with E-state index in [9.17, 15) is 0 Å². The molecule has 0 spiro atoms. The molecule has 2 nitrogen and oxygen atoms in total. The minimum absolute atomic E-state index is 0.557. The first-order valence-electron chi connectivity index (χ1n) is 6.08. The van der Waals surface area contributed by atoms with E-state index >= 15 is 0 Å². The smallest absolute Gasteiger partial charge is 0.119 e. The highest BCUT2D eigenvalue weighted by atomic mass is 16.5. The van der Waals surface area contributed by atoms with Crippen LogP contribution in [-0.2, 0) is 6.42 Å². The van der Waals surface area contributed by atoms with Crippen molar-refractivity contribution < 1.29 is 4.74 Å². The predicted octanol–water partition coefficient (Wildman–Crippen LogP) is 2.63. The maximum atomic E-state index is 5.49. The van der Waals surface area contributed by atoms with Crippen LogP contribution in [-0.4, -0.2) is 19.7 Å². The molecule has 0 aromatic heterocycles. The first-order chi connectivity index (χ1) is 8.26. The first kappa shape index (κ1) is 13.6. The SMILES string of the molecule is C#CCCOc1ccc(CCC(C)NC)cc1. The molecule has 1 unspecified atom stereocenters. The quantitative estimate of drug-likeness (QED) is 0.575. The van der Waals surface area contributed by atoms with Crippen LogP contribution in [0.4, 0.5) is 0 Å². The fourth-order valence-electron chi connectivity index (χ4n) is 1.51. The Kier molecular flexibility index (Phi) is 6.21. The van der Waals surface area contributed by atoms with Crippen LogP contribution < -0.4 is 10.1 Å². The lowest BCUT2D eigenvalue weighted by atomic mass is 10.1. The number of nitrogens with one attached hydrogen (secondary N) is 1. The number of aryl methyl sites for hydroxylation is 1. The number of rotatable bonds is 7. The van der Waals surface area contributed by atoms with Gasteiger partial charge in [-0.25, -0.2) is 0 Å². The van der Waals surface area contributed by atoms with Crippen molar-refractivity contribution in [2.24, 2.45) is 0 Å². The summed E-state index contributed by atoms with van der Waals surface area (Å²) in [6.45, 7) is 2.78. The number of ether oxygens (including phenoxy) is 1. The van der Waals surface area contributed by atoms with E-state index < -0.39 is 0 Å². The van der Waals surface area contributed by atoms with Gasteiger partial charge in [0.05, 0.1) is 6.61 Å². The average molecular weight is 231 g/mol. The highest BCUT2D eigenvalue weighted by Gasteiger charge is 2.00. The predicted molar refractivity (Wildman–Crippen MR) is 72.2 cm³/mol. The number of benzene rings is 1. The Labute approximate surface area is 104 Å². The summed E-state index contributed by atoms with van der Waals surface area (Å²) in [5.74, 6) is 3.45. The minimum atomic E-state index is 0.557. The Morgan fingerprint density at radius 1 is 1.35 bits per heavy atom. The third-order valence-corrected chi connectivity index (χ3v) is 2.80. The molecule has 0 aliphatic heterocycles. The molecule has 0 amide bonds. The number of hydrogen-bond acceptors (Lipinski definition) is 2. The van der Waals surface area contributed by atoms with Crippen LogP contribution >= 0.6 is 0 Å². The van der Waals surface area contributed by atoms with Gasteiger partial charge in [0.25, 0.3) is 0 Å². The zero-order valence-electron chi connectivity index (χ0n) is 10.7. The Hall–Kier alpha value is -1.46. The summed E-state index contributed by atoms with van der Waals surface area (Å²) in [5.41, 5.74) is 1.34. The van der Waals surface area contributed by atoms with Gasteiger partial charge in [0, 0.05) is 12.5 Å². The van der Waals surface area contributed by atoms with Gasteiger partial charge in [-0.05, 0) is 44.5 Å². The second-order valence-corrected chi connectivity index (χ2v) is 4.17. The molecule has 0 aliphatic rings. The van der Waals surface area contributed by atoms with Crippen molar-refractivity contribution in [1.29, 1.82) is 0 Å². The molecule has 0 aliphatic carbocycles. The zero-order valence-corrected chi connectivity index (χ0v) is 10.7. The van der Waals surface area contributed by atoms with Gasteiger partial charge in [0.2, 0.25) is 0 Å². The minimum Gasteiger partial charge on any atom is -0.493 e. The van der Waals surface area contributed by atoms with Gasteiger partial charge in [0.1, 0.15) is 5.75 Å². The maximum Gasteiger partial charge on any atom is 0.119 e. The largest absolute Gasteiger partial charge is 0.493 e. The van der Waals surface area contributed by atoms with E-state index in [0.29, 0.717) is 19.1 Å². The van der Waals surface area contributed by atoms with Gasteiger partial charge in [0.15, 0.2) is 0 Å². The highest BCUT2D eigenvalue weighted by molar-refractivity contribution is 5.27. The van der Waals surface area contributed by atoms with Gasteiger partial charge in [-0.15, -0.1) is 12.3 Å². The number of terminal acetylenes is 1. The highest BCUT2D eigenvalue weighted by Crippen LogP contribution is 2.14. The number of hydrogen-bond donors (Lipinski definition) is 1. The molecule has 92 valence electrons. The summed E-state index contributed by atoms with van der Waals surface area (Å²) >= 11 is 0. The first-order valence-corrected chi connectivity index (χ1v) is 6.08. The Morgan fingerprint density at radius 2 is 2.06 bits per heavy atom. The van der Waals surface area contributed by atoms with Crippen LogP contribution in [0.25, 0.3) is 0 Å². The summed E-state index contributed by atoms with van der Waals surface area (Å²) < 4.78 is 5.49. The van der Waals surface area contributed by atoms with Crippen LogP contribution in [0.2, 0.25) is 0 Å². The van der Waals surface area contributed by atoms with Crippen LogP contribution in [0.1, 0.15) is 25.3 Å². The van der Waals surface area contributed by atoms with E-state index in [2.05, 4.69) is 30.3 Å². The van der Waals surface area contributed by atoms with Gasteiger partial charge in [-0.2, -0.15) is 0 Å². The average Bonchev–Trinajstić information content (AvgIpc) is 2.37. The van der Waals surface area contributed by atoms with Crippen LogP contribution in [0.5, 0.6) is 5.75 Å². The van der Waals surface area contributed by atoms with Crippen molar-refractivity contribution in [2.45, 2.75) is 32.2 Å². The third-order valence-electron chi connectivity index (χ3n) is 2.80. The third kappa shape index (κ3) is 5.42. The fourth-order valence-corrected chi connectivity index (χ4v) is 1.51. The fraction of sp³-hybridized carbons (Fsp3) is 0.467. The second kappa shape index (κ2) is 7.76. The summed E-state index contributed by atoms with van der Waals surface area (Å²) in [4.78, 5) is 0. The molecular weight excluding hydrogens is 210 g/mol. The van der Waals surface area contributed by atoms with Crippen molar-refractivity contribution in [3.63, 3.8) is 0 Å². The molecule has 1 aromatic rings. The van der Waals surface area contributed by atoms with E-state index in [-0.39, 0.29) is 0 Å². The van der Waals surface area contributed by atoms with Crippen LogP contribution in [0, 0.1) is 12.3 Å². The van der Waals surface area contributed by atoms with Crippen LogP contribution in [0.3, 0.4) is 0 Å². The molecule has 1 rings (SSSR count). The van der Waals surface area contributed by atoms with Gasteiger partial charge in [-0.3, -0.25) is 0 Å². The zero-order chi connectivity index (χ0) is 12.5. The molecule has 2 heteroatoms. The molecule has 0 bridgehead atoms. The summed E-state index contributed by atoms with van der Waals surface area (Å²) in [5, 5.41) is 3.24. The summed E-state index contributed by atoms with van der Waals surface area (Å²) in [6, 6.07) is 8.81. The Balaban J connectivity index is 2.37. The van der Waals surface area contributed by atoms with Crippen molar-refractivity contribution in [1.82, 2.24) is 5.32 Å². The van der Waals surface area contributed by atoms with Gasteiger partial charge < -0.3 is 10.1 Å². The summed E-state index contributed by atoms with van der Waals surface area (Å²) in [6.07, 6.45) is 8.05. The molecule has 0 fully saturated rings. The Bertz CT molecular complexity index is 350. The van der Waals surface area contributed by atoms with E-state index in [1.54, 1.807) is 0 Å². The van der Waals surface area contributed by atoms with E-state index in [0.717, 1.165) is 18.6 Å². The monoisotopic (exact) mass is 231 g/mol. The molecule has 1 aromatic carbocycles. The van der Waals surface area contributed by atoms with E-state index in [1.165, 1.54) is 5.56 Å². The van der Waals surface area contributed by atoms with Crippen molar-refractivity contribution in [3.8, 4) is 18.1 Å². The molecule has 1 N–H and O–H groups in total. The van der Waals surface area contributed by atoms with Gasteiger partial charge >= 0.3 is 0 Å². The molecule has 17 heavy (non-hydrogen) atoms. The van der Waals surface area contributed by atoms with E-state index in [4.69, 9.17) is 11.2 Å².